The van der Waals surface area contributed by atoms with Gasteiger partial charge in [-0.3, -0.25) is 0 Å². The molecule has 7 heteroatoms. The van der Waals surface area contributed by atoms with Crippen molar-refractivity contribution in [1.82, 2.24) is 4.98 Å². The van der Waals surface area contributed by atoms with Gasteiger partial charge in [-0.05, 0) is 18.2 Å². The van der Waals surface area contributed by atoms with Gasteiger partial charge in [-0.1, -0.05) is 12.1 Å². The zero-order chi connectivity index (χ0) is 16.8. The van der Waals surface area contributed by atoms with E-state index in [2.05, 4.69) is 15.3 Å². The maximum atomic E-state index is 13.5. The van der Waals surface area contributed by atoms with Gasteiger partial charge in [0.15, 0.2) is 30.6 Å². The monoisotopic (exact) mass is 325 g/mol. The van der Waals surface area contributed by atoms with Crippen molar-refractivity contribution in [2.75, 3.05) is 5.32 Å². The SMILES string of the molecule is N#Cc1nc(COc2ccccc2F)oc1NCc1ccc[nH+]c1. The minimum Gasteiger partial charge on any atom is -0.481 e. The second-order valence-corrected chi connectivity index (χ2v) is 4.88. The van der Waals surface area contributed by atoms with E-state index in [1.54, 1.807) is 18.3 Å². The molecular formula is C17H14FN4O2+. The van der Waals surface area contributed by atoms with Crippen LogP contribution < -0.4 is 15.0 Å². The summed E-state index contributed by atoms with van der Waals surface area (Å²) in [5.74, 6) is 0.0807. The molecule has 24 heavy (non-hydrogen) atoms. The average molecular weight is 325 g/mol. The summed E-state index contributed by atoms with van der Waals surface area (Å²) >= 11 is 0. The maximum Gasteiger partial charge on any atom is 0.236 e. The Hall–Kier alpha value is -3.40. The van der Waals surface area contributed by atoms with Gasteiger partial charge in [-0.25, -0.2) is 9.37 Å². The van der Waals surface area contributed by atoms with E-state index < -0.39 is 5.82 Å². The Balaban J connectivity index is 1.66. The largest absolute Gasteiger partial charge is 0.481 e. The minimum atomic E-state index is -0.469. The maximum absolute atomic E-state index is 13.5. The highest BCUT2D eigenvalue weighted by molar-refractivity contribution is 5.45. The summed E-state index contributed by atoms with van der Waals surface area (Å²) in [6.07, 6.45) is 3.63. The number of aromatic nitrogens is 2. The van der Waals surface area contributed by atoms with Gasteiger partial charge in [0.05, 0.1) is 0 Å². The average Bonchev–Trinajstić information content (AvgIpc) is 3.02. The van der Waals surface area contributed by atoms with Crippen LogP contribution in [0.25, 0.3) is 0 Å². The van der Waals surface area contributed by atoms with Crippen LogP contribution in [-0.2, 0) is 13.2 Å². The predicted molar refractivity (Wildman–Crippen MR) is 82.3 cm³/mol. The van der Waals surface area contributed by atoms with E-state index in [9.17, 15) is 4.39 Å². The Kier molecular flexibility index (Phi) is 4.68. The van der Waals surface area contributed by atoms with Crippen LogP contribution in [0.3, 0.4) is 0 Å². The van der Waals surface area contributed by atoms with Gasteiger partial charge >= 0.3 is 0 Å². The number of hydrogen-bond acceptors (Lipinski definition) is 5. The number of rotatable bonds is 6. The zero-order valence-electron chi connectivity index (χ0n) is 12.6. The fourth-order valence-corrected chi connectivity index (χ4v) is 2.05. The molecule has 0 aliphatic rings. The second-order valence-electron chi connectivity index (χ2n) is 4.88. The fourth-order valence-electron chi connectivity index (χ4n) is 2.05. The molecular weight excluding hydrogens is 311 g/mol. The third kappa shape index (κ3) is 3.67. The molecule has 2 aromatic heterocycles. The fraction of sp³-hybridized carbons (Fsp3) is 0.118. The van der Waals surface area contributed by atoms with Gasteiger partial charge in [0.2, 0.25) is 17.5 Å². The summed E-state index contributed by atoms with van der Waals surface area (Å²) in [5, 5.41) is 12.1. The lowest BCUT2D eigenvalue weighted by Gasteiger charge is -2.04. The first-order chi connectivity index (χ1) is 11.8. The molecule has 120 valence electrons. The molecule has 0 aliphatic heterocycles. The van der Waals surface area contributed by atoms with E-state index in [-0.39, 0.29) is 29.8 Å². The molecule has 0 saturated carbocycles. The van der Waals surface area contributed by atoms with Gasteiger partial charge in [0, 0.05) is 18.2 Å². The molecule has 0 fully saturated rings. The number of nitrogens with zero attached hydrogens (tertiary/aromatic N) is 2. The van der Waals surface area contributed by atoms with Crippen LogP contribution in [0.1, 0.15) is 17.1 Å². The van der Waals surface area contributed by atoms with Gasteiger partial charge < -0.3 is 14.5 Å². The highest BCUT2D eigenvalue weighted by Crippen LogP contribution is 2.20. The van der Waals surface area contributed by atoms with Crippen LogP contribution in [0, 0.1) is 17.1 Å². The first-order valence-corrected chi connectivity index (χ1v) is 7.22. The van der Waals surface area contributed by atoms with Crippen LogP contribution in [0.15, 0.2) is 53.2 Å². The molecule has 3 rings (SSSR count). The Morgan fingerprint density at radius 2 is 2.17 bits per heavy atom. The Morgan fingerprint density at radius 3 is 2.92 bits per heavy atom. The molecule has 0 amide bonds. The molecule has 0 aliphatic carbocycles. The van der Waals surface area contributed by atoms with E-state index in [4.69, 9.17) is 14.4 Å². The molecule has 0 bridgehead atoms. The topological polar surface area (TPSA) is 85.2 Å². The van der Waals surface area contributed by atoms with E-state index >= 15 is 0 Å². The molecule has 3 aromatic rings. The summed E-state index contributed by atoms with van der Waals surface area (Å²) in [4.78, 5) is 7.01. The van der Waals surface area contributed by atoms with E-state index in [0.29, 0.717) is 6.54 Å². The standard InChI is InChI=1S/C17H13FN4O2/c18-13-5-1-2-6-15(13)23-11-16-22-14(8-19)17(24-16)21-10-12-4-3-7-20-9-12/h1-7,9,21H,10-11H2/p+1. The molecule has 0 unspecified atom stereocenters. The first kappa shape index (κ1) is 15.5. The van der Waals surface area contributed by atoms with E-state index in [1.165, 1.54) is 12.1 Å². The van der Waals surface area contributed by atoms with Crippen molar-refractivity contribution >= 4 is 5.88 Å². The summed E-state index contributed by atoms with van der Waals surface area (Å²) in [7, 11) is 0. The van der Waals surface area contributed by atoms with E-state index in [0.717, 1.165) is 5.56 Å². The van der Waals surface area contributed by atoms with Crippen LogP contribution >= 0.6 is 0 Å². The normalized spacial score (nSPS) is 10.2. The highest BCUT2D eigenvalue weighted by atomic mass is 19.1. The summed E-state index contributed by atoms with van der Waals surface area (Å²) in [6.45, 7) is 0.394. The van der Waals surface area contributed by atoms with Gasteiger partial charge in [0.1, 0.15) is 6.07 Å². The van der Waals surface area contributed by atoms with Crippen molar-refractivity contribution in [2.24, 2.45) is 0 Å². The van der Waals surface area contributed by atoms with Crippen LogP contribution in [0.2, 0.25) is 0 Å². The molecule has 0 spiro atoms. The minimum absolute atomic E-state index is 0.0730. The number of halogens is 1. The Morgan fingerprint density at radius 1 is 1.29 bits per heavy atom. The molecule has 6 nitrogen and oxygen atoms in total. The Labute approximate surface area is 137 Å². The zero-order valence-corrected chi connectivity index (χ0v) is 12.6. The lowest BCUT2D eigenvalue weighted by atomic mass is 10.3. The lowest BCUT2D eigenvalue weighted by molar-refractivity contribution is -0.378. The summed E-state index contributed by atoms with van der Waals surface area (Å²) in [6, 6.07) is 11.8. The molecule has 1 aromatic carbocycles. The number of para-hydroxylation sites is 1. The molecule has 2 heterocycles. The molecule has 0 radical (unpaired) electrons. The number of nitriles is 1. The van der Waals surface area contributed by atoms with Crippen molar-refractivity contribution in [3.8, 4) is 11.8 Å². The summed E-state index contributed by atoms with van der Waals surface area (Å²) in [5.41, 5.74) is 1.11. The van der Waals surface area contributed by atoms with Crippen molar-refractivity contribution in [1.29, 1.82) is 5.26 Å². The number of benzene rings is 1. The molecule has 2 N–H and O–H groups in total. The number of H-pyrrole nitrogens is 1. The van der Waals surface area contributed by atoms with Crippen LogP contribution in [0.4, 0.5) is 10.3 Å². The third-order valence-electron chi connectivity index (χ3n) is 3.19. The molecule has 0 saturated heterocycles. The number of oxazole rings is 1. The highest BCUT2D eigenvalue weighted by Gasteiger charge is 2.14. The number of hydrogen-bond donors (Lipinski definition) is 1. The van der Waals surface area contributed by atoms with Crippen LogP contribution in [0.5, 0.6) is 5.75 Å². The number of ether oxygens (including phenoxy) is 1. The number of anilines is 1. The smallest absolute Gasteiger partial charge is 0.236 e. The van der Waals surface area contributed by atoms with Crippen molar-refractivity contribution in [2.45, 2.75) is 13.2 Å². The quantitative estimate of drug-likeness (QED) is 0.753. The van der Waals surface area contributed by atoms with Crippen molar-refractivity contribution in [3.63, 3.8) is 0 Å². The first-order valence-electron chi connectivity index (χ1n) is 7.22. The molecule has 0 atom stereocenters. The lowest BCUT2D eigenvalue weighted by Crippen LogP contribution is -2.05. The Bertz CT molecular complexity index is 859. The van der Waals surface area contributed by atoms with E-state index in [1.807, 2.05) is 24.4 Å². The van der Waals surface area contributed by atoms with Gasteiger partial charge in [-0.15, -0.1) is 0 Å². The predicted octanol–water partition coefficient (Wildman–Crippen LogP) is 2.69. The number of nitrogens with one attached hydrogen (secondary N) is 2. The summed E-state index contributed by atoms with van der Waals surface area (Å²) < 4.78 is 24.3. The van der Waals surface area contributed by atoms with Gasteiger partial charge in [-0.2, -0.15) is 10.2 Å². The third-order valence-corrected chi connectivity index (χ3v) is 3.19. The number of aromatic amines is 1. The van der Waals surface area contributed by atoms with Gasteiger partial charge in [0.25, 0.3) is 0 Å². The number of pyridine rings is 1. The van der Waals surface area contributed by atoms with Crippen molar-refractivity contribution in [3.05, 3.63) is 71.8 Å². The van der Waals surface area contributed by atoms with Crippen LogP contribution in [-0.4, -0.2) is 4.98 Å². The van der Waals surface area contributed by atoms with Crippen molar-refractivity contribution < 1.29 is 18.5 Å². The second kappa shape index (κ2) is 7.24.